The van der Waals surface area contributed by atoms with E-state index in [1.807, 2.05) is 6.92 Å². The summed E-state index contributed by atoms with van der Waals surface area (Å²) in [7, 11) is 0. The van der Waals surface area contributed by atoms with Crippen LogP contribution in [-0.2, 0) is 4.79 Å². The first-order chi connectivity index (χ1) is 8.95. The lowest BCUT2D eigenvalue weighted by Crippen LogP contribution is -2.27. The van der Waals surface area contributed by atoms with Crippen LogP contribution in [0.5, 0.6) is 5.75 Å². The first kappa shape index (κ1) is 15.2. The van der Waals surface area contributed by atoms with Crippen molar-refractivity contribution < 1.29 is 19.6 Å². The van der Waals surface area contributed by atoms with Gasteiger partial charge in [0.2, 0.25) is 0 Å². The fourth-order valence-corrected chi connectivity index (χ4v) is 1.69. The van der Waals surface area contributed by atoms with E-state index < -0.39 is 17.0 Å². The molecule has 0 aliphatic heterocycles. The maximum atomic E-state index is 11.0. The first-order valence-electron chi connectivity index (χ1n) is 5.79. The molecule has 0 aromatic heterocycles. The molecule has 104 valence electrons. The SMILES string of the molecule is CCCCC(Oc1ccc([N+](=O)[O-])cc1Cl)C(=O)O. The Balaban J connectivity index is 2.84. The molecule has 0 spiro atoms. The van der Waals surface area contributed by atoms with Gasteiger partial charge in [0.1, 0.15) is 5.75 Å². The highest BCUT2D eigenvalue weighted by Gasteiger charge is 2.20. The van der Waals surface area contributed by atoms with Crippen LogP contribution in [0, 0.1) is 10.1 Å². The molecule has 0 heterocycles. The van der Waals surface area contributed by atoms with Gasteiger partial charge in [-0.3, -0.25) is 10.1 Å². The van der Waals surface area contributed by atoms with Crippen molar-refractivity contribution in [3.05, 3.63) is 33.3 Å². The lowest BCUT2D eigenvalue weighted by molar-refractivity contribution is -0.384. The number of unbranched alkanes of at least 4 members (excludes halogenated alkanes) is 1. The maximum absolute atomic E-state index is 11.0. The highest BCUT2D eigenvalue weighted by molar-refractivity contribution is 6.32. The summed E-state index contributed by atoms with van der Waals surface area (Å²) in [5.74, 6) is -0.946. The quantitative estimate of drug-likeness (QED) is 0.614. The molecule has 0 fully saturated rings. The molecule has 19 heavy (non-hydrogen) atoms. The summed E-state index contributed by atoms with van der Waals surface area (Å²) < 4.78 is 5.29. The summed E-state index contributed by atoms with van der Waals surface area (Å²) in [5, 5.41) is 19.6. The summed E-state index contributed by atoms with van der Waals surface area (Å²) >= 11 is 5.83. The second-order valence-corrected chi connectivity index (χ2v) is 4.37. The first-order valence-corrected chi connectivity index (χ1v) is 6.17. The third kappa shape index (κ3) is 4.40. The monoisotopic (exact) mass is 287 g/mol. The molecule has 0 saturated carbocycles. The van der Waals surface area contributed by atoms with E-state index in [-0.39, 0.29) is 16.5 Å². The molecular formula is C12H14ClNO5. The van der Waals surface area contributed by atoms with Gasteiger partial charge in [0, 0.05) is 12.1 Å². The predicted octanol–water partition coefficient (Wildman–Crippen LogP) is 3.27. The topological polar surface area (TPSA) is 89.7 Å². The van der Waals surface area contributed by atoms with Crippen LogP contribution in [0.1, 0.15) is 26.2 Å². The molecule has 0 saturated heterocycles. The Hall–Kier alpha value is -1.82. The lowest BCUT2D eigenvalue weighted by atomic mass is 10.1. The molecule has 7 heteroatoms. The number of carboxylic acids is 1. The number of aliphatic carboxylic acids is 1. The Bertz CT molecular complexity index is 477. The van der Waals surface area contributed by atoms with Crippen LogP contribution in [0.4, 0.5) is 5.69 Å². The highest BCUT2D eigenvalue weighted by atomic mass is 35.5. The second kappa shape index (κ2) is 6.94. The Morgan fingerprint density at radius 1 is 1.58 bits per heavy atom. The molecule has 1 aromatic carbocycles. The van der Waals surface area contributed by atoms with E-state index in [0.717, 1.165) is 12.5 Å². The fourth-order valence-electron chi connectivity index (χ4n) is 1.47. The minimum atomic E-state index is -1.08. The summed E-state index contributed by atoms with van der Waals surface area (Å²) in [6.45, 7) is 1.94. The molecule has 1 aromatic rings. The number of nitro groups is 1. The average molecular weight is 288 g/mol. The van der Waals surface area contributed by atoms with Gasteiger partial charge in [0.05, 0.1) is 9.95 Å². The Kier molecular flexibility index (Phi) is 5.57. The van der Waals surface area contributed by atoms with E-state index in [4.69, 9.17) is 21.4 Å². The number of nitrogens with zero attached hydrogens (tertiary/aromatic N) is 1. The minimum Gasteiger partial charge on any atom is -0.479 e. The smallest absolute Gasteiger partial charge is 0.344 e. The van der Waals surface area contributed by atoms with E-state index >= 15 is 0 Å². The number of halogens is 1. The van der Waals surface area contributed by atoms with Crippen LogP contribution in [-0.4, -0.2) is 22.1 Å². The second-order valence-electron chi connectivity index (χ2n) is 3.96. The Labute approximate surface area is 115 Å². The third-order valence-corrected chi connectivity index (χ3v) is 2.79. The summed E-state index contributed by atoms with van der Waals surface area (Å²) in [5.41, 5.74) is -0.169. The summed E-state index contributed by atoms with van der Waals surface area (Å²) in [6, 6.07) is 3.66. The number of benzene rings is 1. The average Bonchev–Trinajstić information content (AvgIpc) is 2.35. The molecule has 0 aliphatic carbocycles. The number of non-ortho nitro benzene ring substituents is 1. The molecule has 0 aliphatic rings. The van der Waals surface area contributed by atoms with E-state index in [1.54, 1.807) is 0 Å². The van der Waals surface area contributed by atoms with Crippen LogP contribution >= 0.6 is 11.6 Å². The van der Waals surface area contributed by atoms with Crippen molar-refractivity contribution in [1.82, 2.24) is 0 Å². The van der Waals surface area contributed by atoms with E-state index in [9.17, 15) is 14.9 Å². The zero-order valence-electron chi connectivity index (χ0n) is 10.3. The van der Waals surface area contributed by atoms with Crippen molar-refractivity contribution in [3.8, 4) is 5.75 Å². The van der Waals surface area contributed by atoms with Crippen LogP contribution in [0.25, 0.3) is 0 Å². The van der Waals surface area contributed by atoms with Crippen LogP contribution in [0.3, 0.4) is 0 Å². The number of ether oxygens (including phenoxy) is 1. The number of carboxylic acid groups (broad SMARTS) is 1. The van der Waals surface area contributed by atoms with Crippen molar-refractivity contribution in [2.24, 2.45) is 0 Å². The van der Waals surface area contributed by atoms with Gasteiger partial charge < -0.3 is 9.84 Å². The van der Waals surface area contributed by atoms with Crippen molar-refractivity contribution >= 4 is 23.3 Å². The normalized spacial score (nSPS) is 11.9. The molecule has 1 N–H and O–H groups in total. The fraction of sp³-hybridized carbons (Fsp3) is 0.417. The Morgan fingerprint density at radius 2 is 2.26 bits per heavy atom. The van der Waals surface area contributed by atoms with E-state index in [1.165, 1.54) is 12.1 Å². The zero-order chi connectivity index (χ0) is 14.4. The van der Waals surface area contributed by atoms with Gasteiger partial charge in [-0.25, -0.2) is 4.79 Å². The van der Waals surface area contributed by atoms with Crippen molar-refractivity contribution in [1.29, 1.82) is 0 Å². The number of carbonyl (C=O) groups is 1. The van der Waals surface area contributed by atoms with Gasteiger partial charge in [-0.15, -0.1) is 0 Å². The zero-order valence-corrected chi connectivity index (χ0v) is 11.1. The maximum Gasteiger partial charge on any atom is 0.344 e. The van der Waals surface area contributed by atoms with Gasteiger partial charge in [-0.1, -0.05) is 24.9 Å². The lowest BCUT2D eigenvalue weighted by Gasteiger charge is -2.15. The van der Waals surface area contributed by atoms with Gasteiger partial charge >= 0.3 is 5.97 Å². The van der Waals surface area contributed by atoms with Gasteiger partial charge in [0.25, 0.3) is 5.69 Å². The van der Waals surface area contributed by atoms with E-state index in [2.05, 4.69) is 0 Å². The molecule has 1 rings (SSSR count). The van der Waals surface area contributed by atoms with Crippen molar-refractivity contribution in [2.45, 2.75) is 32.3 Å². The summed E-state index contributed by atoms with van der Waals surface area (Å²) in [4.78, 5) is 21.0. The molecule has 1 atom stereocenters. The summed E-state index contributed by atoms with van der Waals surface area (Å²) in [6.07, 6.45) is 0.917. The number of nitro benzene ring substituents is 1. The molecular weight excluding hydrogens is 274 g/mol. The highest BCUT2D eigenvalue weighted by Crippen LogP contribution is 2.30. The number of rotatable bonds is 7. The van der Waals surface area contributed by atoms with Crippen molar-refractivity contribution in [2.75, 3.05) is 0 Å². The Morgan fingerprint density at radius 3 is 2.74 bits per heavy atom. The standard InChI is InChI=1S/C12H14ClNO5/c1-2-3-4-11(12(15)16)19-10-6-5-8(14(17)18)7-9(10)13/h5-7,11H,2-4H2,1H3,(H,15,16). The van der Waals surface area contributed by atoms with Crippen molar-refractivity contribution in [3.63, 3.8) is 0 Å². The van der Waals surface area contributed by atoms with Gasteiger partial charge in [0.15, 0.2) is 6.10 Å². The molecule has 0 amide bonds. The number of hydrogen-bond acceptors (Lipinski definition) is 4. The van der Waals surface area contributed by atoms with Gasteiger partial charge in [-0.05, 0) is 18.9 Å². The van der Waals surface area contributed by atoms with Crippen LogP contribution in [0.15, 0.2) is 18.2 Å². The molecule has 6 nitrogen and oxygen atoms in total. The predicted molar refractivity (Wildman–Crippen MR) is 69.7 cm³/mol. The van der Waals surface area contributed by atoms with Crippen LogP contribution in [0.2, 0.25) is 5.02 Å². The largest absolute Gasteiger partial charge is 0.479 e. The van der Waals surface area contributed by atoms with Gasteiger partial charge in [-0.2, -0.15) is 0 Å². The number of hydrogen-bond donors (Lipinski definition) is 1. The molecule has 0 bridgehead atoms. The third-order valence-electron chi connectivity index (χ3n) is 2.49. The molecule has 0 radical (unpaired) electrons. The minimum absolute atomic E-state index is 0.0250. The van der Waals surface area contributed by atoms with E-state index in [0.29, 0.717) is 12.8 Å². The molecule has 1 unspecified atom stereocenters. The van der Waals surface area contributed by atoms with Crippen LogP contribution < -0.4 is 4.74 Å².